The number of hydrogen-bond acceptors (Lipinski definition) is 12. The summed E-state index contributed by atoms with van der Waals surface area (Å²) >= 11 is 0. The first kappa shape index (κ1) is 160. The van der Waals surface area contributed by atoms with Crippen LogP contribution in [0.1, 0.15) is 12.8 Å². The monoisotopic (exact) mass is 259 g/mol. The van der Waals surface area contributed by atoms with Crippen molar-refractivity contribution in [3.8, 4) is 0 Å². The topological polar surface area (TPSA) is 394 Å². The molecule has 12 nitrogen and oxygen atoms in total. The van der Waals surface area contributed by atoms with E-state index >= 15 is 0 Å². The summed E-state index contributed by atoms with van der Waals surface area (Å²) in [6.07, 6.45) is 2.56. The van der Waals surface area contributed by atoms with Crippen molar-refractivity contribution in [3.63, 3.8) is 0 Å². The van der Waals surface area contributed by atoms with Crippen LogP contribution in [0, 0.1) is 0 Å². The van der Waals surface area contributed by atoms with E-state index in [4.69, 9.17) is 4.74 Å². The summed E-state index contributed by atoms with van der Waals surface area (Å²) < 4.78 is 4.94. The molecule has 0 unspecified atom stereocenters. The van der Waals surface area contributed by atoms with Crippen molar-refractivity contribution in [2.75, 3.05) is 13.2 Å². The molecule has 0 spiro atoms. The van der Waals surface area contributed by atoms with E-state index in [9.17, 15) is 0 Å². The molecule has 1 aliphatic heterocycles. The third-order valence-corrected chi connectivity index (χ3v) is 0.827. The zero-order valence-electron chi connectivity index (χ0n) is 11.0. The predicted molar refractivity (Wildman–Crippen MR) is 75.3 cm³/mol. The van der Waals surface area contributed by atoms with Crippen molar-refractivity contribution in [3.05, 3.63) is 0 Å². The lowest BCUT2D eigenvalue weighted by molar-refractivity contribution is 0.198. The fourth-order valence-corrected chi connectivity index (χ4v) is 0.510. The maximum Gasteiger partial charge on any atom is 0.0466 e. The van der Waals surface area contributed by atoms with E-state index in [1.807, 2.05) is 0 Å². The van der Waals surface area contributed by atoms with Crippen molar-refractivity contribution in [1.29, 1.82) is 0 Å². The van der Waals surface area contributed by atoms with Crippen LogP contribution < -0.4 is 67.7 Å². The maximum absolute atomic E-state index is 4.94. The SMILES string of the molecule is C1CCOC1.N.N.N.N.N.N.N.N.N.N.N. The molecule has 1 aliphatic rings. The Morgan fingerprint density at radius 1 is 0.375 bits per heavy atom. The summed E-state index contributed by atoms with van der Waals surface area (Å²) in [5.41, 5.74) is 0. The van der Waals surface area contributed by atoms with Gasteiger partial charge in [-0.1, -0.05) is 0 Å². The molecule has 0 bridgehead atoms. The quantitative estimate of drug-likeness (QED) is 0.298. The van der Waals surface area contributed by atoms with Gasteiger partial charge in [-0.25, -0.2) is 0 Å². The van der Waals surface area contributed by atoms with Gasteiger partial charge in [0.25, 0.3) is 0 Å². The molecule has 0 aromatic rings. The summed E-state index contributed by atoms with van der Waals surface area (Å²) in [5.74, 6) is 0. The Morgan fingerprint density at radius 3 is 0.625 bits per heavy atom. The van der Waals surface area contributed by atoms with Gasteiger partial charge in [0.15, 0.2) is 0 Å². The van der Waals surface area contributed by atoms with E-state index in [1.165, 1.54) is 12.8 Å². The van der Waals surface area contributed by atoms with Crippen LogP contribution in [-0.4, -0.2) is 13.2 Å². The van der Waals surface area contributed by atoms with Gasteiger partial charge in [-0.3, -0.25) is 0 Å². The second kappa shape index (κ2) is 130. The lowest BCUT2D eigenvalue weighted by Crippen LogP contribution is -1.74. The van der Waals surface area contributed by atoms with Crippen LogP contribution in [0.3, 0.4) is 0 Å². The van der Waals surface area contributed by atoms with Crippen molar-refractivity contribution < 1.29 is 4.74 Å². The Kier molecular flexibility index (Phi) is 1300. The molecule has 1 rings (SSSR count). The van der Waals surface area contributed by atoms with Gasteiger partial charge in [-0.2, -0.15) is 0 Å². The fraction of sp³-hybridized carbons (Fsp3) is 1.00. The molecule has 0 radical (unpaired) electrons. The highest BCUT2D eigenvalue weighted by Gasteiger charge is 1.94. The zero-order valence-corrected chi connectivity index (χ0v) is 11.0. The van der Waals surface area contributed by atoms with Crippen LogP contribution in [0.4, 0.5) is 0 Å². The Bertz CT molecular complexity index is 29.6. The van der Waals surface area contributed by atoms with Gasteiger partial charge in [0, 0.05) is 13.2 Å². The van der Waals surface area contributed by atoms with Crippen LogP contribution >= 0.6 is 0 Å². The smallest absolute Gasteiger partial charge is 0.0466 e. The van der Waals surface area contributed by atoms with Gasteiger partial charge in [-0.15, -0.1) is 0 Å². The van der Waals surface area contributed by atoms with Crippen molar-refractivity contribution in [2.24, 2.45) is 0 Å². The molecule has 118 valence electrons. The Balaban J connectivity index is -0.00000000253. The normalized spacial score (nSPS) is 7.50. The zero-order chi connectivity index (χ0) is 3.54. The van der Waals surface area contributed by atoms with E-state index in [1.54, 1.807) is 0 Å². The summed E-state index contributed by atoms with van der Waals surface area (Å²) in [6, 6.07) is 0. The molecule has 1 heterocycles. The van der Waals surface area contributed by atoms with Gasteiger partial charge in [0.2, 0.25) is 0 Å². The largest absolute Gasteiger partial charge is 0.381 e. The summed E-state index contributed by atoms with van der Waals surface area (Å²) in [7, 11) is 0. The molecular formula is C4H41N11O. The minimum Gasteiger partial charge on any atom is -0.381 e. The lowest BCUT2D eigenvalue weighted by atomic mass is 10.4. The molecule has 12 heteroatoms. The fourth-order valence-electron chi connectivity index (χ4n) is 0.510. The molecule has 0 aromatic carbocycles. The first-order valence-electron chi connectivity index (χ1n) is 2.08. The molecule has 0 saturated carbocycles. The van der Waals surface area contributed by atoms with Gasteiger partial charge in [0.05, 0.1) is 0 Å². The molecule has 0 amide bonds. The molecule has 0 atom stereocenters. The van der Waals surface area contributed by atoms with Gasteiger partial charge in [-0.05, 0) is 12.8 Å². The molecule has 0 aliphatic carbocycles. The molecule has 0 aromatic heterocycles. The Labute approximate surface area is 99.4 Å². The Morgan fingerprint density at radius 2 is 0.562 bits per heavy atom. The molecule has 33 N–H and O–H groups in total. The van der Waals surface area contributed by atoms with E-state index < -0.39 is 0 Å². The standard InChI is InChI=1S/C4H8O.11H3N/c1-2-4-5-3-1;;;;;;;;;;;/h1-4H2;11*1H3. The van der Waals surface area contributed by atoms with Gasteiger partial charge >= 0.3 is 0 Å². The highest BCUT2D eigenvalue weighted by molar-refractivity contribution is 4.43. The number of rotatable bonds is 0. The highest BCUT2D eigenvalue weighted by Crippen LogP contribution is 1.98. The lowest BCUT2D eigenvalue weighted by Gasteiger charge is -1.76. The molecular weight excluding hydrogens is 218 g/mol. The average molecular weight is 259 g/mol. The van der Waals surface area contributed by atoms with Crippen LogP contribution in [0.15, 0.2) is 0 Å². The van der Waals surface area contributed by atoms with Crippen molar-refractivity contribution in [1.82, 2.24) is 67.7 Å². The summed E-state index contributed by atoms with van der Waals surface area (Å²) in [5, 5.41) is 0. The van der Waals surface area contributed by atoms with Crippen LogP contribution in [0.5, 0.6) is 0 Å². The predicted octanol–water partition coefficient (Wildman–Crippen LogP) is 2.58. The first-order valence-corrected chi connectivity index (χ1v) is 2.08. The molecule has 1 saturated heterocycles. The minimum atomic E-state index is 0. The number of ether oxygens (including phenoxy) is 1. The third-order valence-electron chi connectivity index (χ3n) is 0.827. The van der Waals surface area contributed by atoms with Crippen molar-refractivity contribution >= 4 is 0 Å². The van der Waals surface area contributed by atoms with E-state index in [0.29, 0.717) is 0 Å². The van der Waals surface area contributed by atoms with E-state index in [2.05, 4.69) is 0 Å². The summed E-state index contributed by atoms with van der Waals surface area (Å²) in [4.78, 5) is 0. The third kappa shape index (κ3) is 104. The van der Waals surface area contributed by atoms with Crippen LogP contribution in [-0.2, 0) is 4.74 Å². The first-order chi connectivity index (χ1) is 2.50. The molecule has 16 heavy (non-hydrogen) atoms. The van der Waals surface area contributed by atoms with Gasteiger partial charge < -0.3 is 72.4 Å². The van der Waals surface area contributed by atoms with Crippen LogP contribution in [0.2, 0.25) is 0 Å². The highest BCUT2D eigenvalue weighted by atomic mass is 16.5. The number of hydrogen-bond donors (Lipinski definition) is 11. The van der Waals surface area contributed by atoms with Crippen molar-refractivity contribution in [2.45, 2.75) is 12.8 Å². The van der Waals surface area contributed by atoms with Gasteiger partial charge in [0.1, 0.15) is 0 Å². The molecule has 1 fully saturated rings. The van der Waals surface area contributed by atoms with E-state index in [0.717, 1.165) is 13.2 Å². The second-order valence-electron chi connectivity index (χ2n) is 1.32. The maximum atomic E-state index is 4.94. The minimum absolute atomic E-state index is 0. The second-order valence-corrected chi connectivity index (χ2v) is 1.32. The van der Waals surface area contributed by atoms with Crippen LogP contribution in [0.25, 0.3) is 0 Å². The average Bonchev–Trinajstić information content (AvgIpc) is 1.76. The Hall–Kier alpha value is -0.480. The summed E-state index contributed by atoms with van der Waals surface area (Å²) in [6.45, 7) is 2.00. The van der Waals surface area contributed by atoms with E-state index in [-0.39, 0.29) is 67.7 Å².